The lowest BCUT2D eigenvalue weighted by atomic mass is 9.90. The van der Waals surface area contributed by atoms with Gasteiger partial charge < -0.3 is 20.9 Å². The zero-order chi connectivity index (χ0) is 12.7. The monoisotopic (exact) mass is 244 g/mol. The molecule has 1 amide bonds. The lowest BCUT2D eigenvalue weighted by Gasteiger charge is -2.37. The third-order valence-electron chi connectivity index (χ3n) is 3.35. The van der Waals surface area contributed by atoms with E-state index in [2.05, 4.69) is 12.2 Å². The van der Waals surface area contributed by atoms with Gasteiger partial charge in [-0.3, -0.25) is 4.79 Å². The molecule has 0 bridgehead atoms. The van der Waals surface area contributed by atoms with E-state index in [0.29, 0.717) is 32.5 Å². The Morgan fingerprint density at radius 1 is 1.53 bits per heavy atom. The van der Waals surface area contributed by atoms with Crippen LogP contribution >= 0.6 is 0 Å². The molecule has 4 N–H and O–H groups in total. The predicted molar refractivity (Wildman–Crippen MR) is 65.5 cm³/mol. The molecular formula is C12H24N2O3. The molecule has 1 rings (SSSR count). The SMILES string of the molecule is CCCCC(N)C(=O)NC1(CO)CCOCC1. The second-order valence-electron chi connectivity index (χ2n) is 4.79. The van der Waals surface area contributed by atoms with E-state index in [-0.39, 0.29) is 12.5 Å². The van der Waals surface area contributed by atoms with Gasteiger partial charge >= 0.3 is 0 Å². The average Bonchev–Trinajstić information content (AvgIpc) is 2.36. The first-order valence-electron chi connectivity index (χ1n) is 6.40. The van der Waals surface area contributed by atoms with Gasteiger partial charge in [-0.2, -0.15) is 0 Å². The molecule has 1 atom stereocenters. The molecule has 0 spiro atoms. The lowest BCUT2D eigenvalue weighted by molar-refractivity contribution is -0.126. The maximum atomic E-state index is 11.9. The van der Waals surface area contributed by atoms with Gasteiger partial charge in [0, 0.05) is 13.2 Å². The summed E-state index contributed by atoms with van der Waals surface area (Å²) in [5.74, 6) is -0.158. The molecule has 1 aliphatic heterocycles. The Kier molecular flexibility index (Phi) is 5.88. The number of carbonyl (C=O) groups is 1. The fourth-order valence-corrected chi connectivity index (χ4v) is 1.99. The summed E-state index contributed by atoms with van der Waals surface area (Å²) in [6.45, 7) is 3.16. The van der Waals surface area contributed by atoms with E-state index in [9.17, 15) is 9.90 Å². The first-order chi connectivity index (χ1) is 8.13. The largest absolute Gasteiger partial charge is 0.394 e. The molecule has 5 nitrogen and oxygen atoms in total. The molecule has 0 saturated carbocycles. The summed E-state index contributed by atoms with van der Waals surface area (Å²) < 4.78 is 5.24. The van der Waals surface area contributed by atoms with Crippen molar-refractivity contribution in [1.82, 2.24) is 5.32 Å². The Bertz CT molecular complexity index is 240. The summed E-state index contributed by atoms with van der Waals surface area (Å²) in [5, 5.41) is 12.3. The van der Waals surface area contributed by atoms with Crippen LogP contribution in [0.2, 0.25) is 0 Å². The second-order valence-corrected chi connectivity index (χ2v) is 4.79. The van der Waals surface area contributed by atoms with Crippen molar-refractivity contribution in [2.24, 2.45) is 5.73 Å². The predicted octanol–water partition coefficient (Wildman–Crippen LogP) is 0.162. The minimum Gasteiger partial charge on any atom is -0.394 e. The van der Waals surface area contributed by atoms with Crippen molar-refractivity contribution in [3.05, 3.63) is 0 Å². The lowest BCUT2D eigenvalue weighted by Crippen LogP contribution is -2.58. The minimum absolute atomic E-state index is 0.0530. The van der Waals surface area contributed by atoms with Crippen molar-refractivity contribution in [3.8, 4) is 0 Å². The number of unbranched alkanes of at least 4 members (excludes halogenated alkanes) is 1. The number of aliphatic hydroxyl groups excluding tert-OH is 1. The fourth-order valence-electron chi connectivity index (χ4n) is 1.99. The molecule has 1 fully saturated rings. The molecule has 1 aliphatic rings. The molecule has 17 heavy (non-hydrogen) atoms. The van der Waals surface area contributed by atoms with Gasteiger partial charge in [0.1, 0.15) is 0 Å². The number of aliphatic hydroxyl groups is 1. The van der Waals surface area contributed by atoms with Crippen LogP contribution in [0.4, 0.5) is 0 Å². The van der Waals surface area contributed by atoms with E-state index in [1.54, 1.807) is 0 Å². The highest BCUT2D eigenvalue weighted by Gasteiger charge is 2.34. The van der Waals surface area contributed by atoms with Crippen molar-refractivity contribution in [2.45, 2.75) is 50.6 Å². The summed E-state index contributed by atoms with van der Waals surface area (Å²) in [7, 11) is 0. The van der Waals surface area contributed by atoms with E-state index in [1.165, 1.54) is 0 Å². The Labute approximate surface area is 103 Å². The average molecular weight is 244 g/mol. The van der Waals surface area contributed by atoms with E-state index in [4.69, 9.17) is 10.5 Å². The van der Waals surface area contributed by atoms with Crippen LogP contribution in [0.25, 0.3) is 0 Å². The maximum Gasteiger partial charge on any atom is 0.237 e. The van der Waals surface area contributed by atoms with Crippen molar-refractivity contribution in [1.29, 1.82) is 0 Å². The van der Waals surface area contributed by atoms with Crippen molar-refractivity contribution in [2.75, 3.05) is 19.8 Å². The number of carbonyl (C=O) groups excluding carboxylic acids is 1. The van der Waals surface area contributed by atoms with Crippen LogP contribution in [0.15, 0.2) is 0 Å². The van der Waals surface area contributed by atoms with Crippen LogP contribution < -0.4 is 11.1 Å². The van der Waals surface area contributed by atoms with Gasteiger partial charge in [-0.25, -0.2) is 0 Å². The summed E-state index contributed by atoms with van der Waals surface area (Å²) in [4.78, 5) is 11.9. The van der Waals surface area contributed by atoms with Gasteiger partial charge in [0.05, 0.1) is 18.2 Å². The summed E-state index contributed by atoms with van der Waals surface area (Å²) in [6.07, 6.45) is 3.97. The third-order valence-corrected chi connectivity index (χ3v) is 3.35. The molecule has 1 saturated heterocycles. The van der Waals surface area contributed by atoms with Gasteiger partial charge in [0.2, 0.25) is 5.91 Å². The van der Waals surface area contributed by atoms with Crippen molar-refractivity contribution < 1.29 is 14.6 Å². The Morgan fingerprint density at radius 3 is 2.71 bits per heavy atom. The molecular weight excluding hydrogens is 220 g/mol. The minimum atomic E-state index is -0.529. The molecule has 1 unspecified atom stereocenters. The molecule has 0 aromatic rings. The van der Waals surface area contributed by atoms with Crippen LogP contribution in [-0.4, -0.2) is 42.4 Å². The Morgan fingerprint density at radius 2 is 2.18 bits per heavy atom. The Balaban J connectivity index is 2.46. The van der Waals surface area contributed by atoms with Crippen LogP contribution in [0, 0.1) is 0 Å². The smallest absolute Gasteiger partial charge is 0.237 e. The number of rotatable bonds is 6. The quantitative estimate of drug-likeness (QED) is 0.621. The maximum absolute atomic E-state index is 11.9. The topological polar surface area (TPSA) is 84.6 Å². The highest BCUT2D eigenvalue weighted by molar-refractivity contribution is 5.82. The number of hydrogen-bond donors (Lipinski definition) is 3. The van der Waals surface area contributed by atoms with Crippen molar-refractivity contribution in [3.63, 3.8) is 0 Å². The number of nitrogens with two attached hydrogens (primary N) is 1. The molecule has 0 aromatic carbocycles. The van der Waals surface area contributed by atoms with E-state index in [1.807, 2.05) is 0 Å². The summed E-state index contributed by atoms with van der Waals surface area (Å²) in [5.41, 5.74) is 5.28. The highest BCUT2D eigenvalue weighted by Crippen LogP contribution is 2.20. The van der Waals surface area contributed by atoms with Crippen molar-refractivity contribution >= 4 is 5.91 Å². The molecule has 1 heterocycles. The van der Waals surface area contributed by atoms with Gasteiger partial charge in [0.25, 0.3) is 0 Å². The van der Waals surface area contributed by atoms with Gasteiger partial charge in [-0.15, -0.1) is 0 Å². The molecule has 5 heteroatoms. The zero-order valence-corrected chi connectivity index (χ0v) is 10.6. The van der Waals surface area contributed by atoms with Gasteiger partial charge in [0.15, 0.2) is 0 Å². The number of amides is 1. The number of ether oxygens (including phenoxy) is 1. The summed E-state index contributed by atoms with van der Waals surface area (Å²) >= 11 is 0. The normalized spacial score (nSPS) is 20.9. The first-order valence-corrected chi connectivity index (χ1v) is 6.40. The standard InChI is InChI=1S/C12H24N2O3/c1-2-3-4-10(13)11(16)14-12(9-15)5-7-17-8-6-12/h10,15H,2-9,13H2,1H3,(H,14,16). The molecule has 0 aliphatic carbocycles. The fraction of sp³-hybridized carbons (Fsp3) is 0.917. The number of nitrogens with one attached hydrogen (secondary N) is 1. The number of hydrogen-bond acceptors (Lipinski definition) is 4. The highest BCUT2D eigenvalue weighted by atomic mass is 16.5. The molecule has 0 radical (unpaired) electrons. The van der Waals surface area contributed by atoms with Crippen LogP contribution in [-0.2, 0) is 9.53 Å². The molecule has 100 valence electrons. The first kappa shape index (κ1) is 14.4. The van der Waals surface area contributed by atoms with Crippen LogP contribution in [0.1, 0.15) is 39.0 Å². The van der Waals surface area contributed by atoms with Gasteiger partial charge in [-0.05, 0) is 19.3 Å². The van der Waals surface area contributed by atoms with Crippen LogP contribution in [0.3, 0.4) is 0 Å². The third kappa shape index (κ3) is 4.26. The zero-order valence-electron chi connectivity index (χ0n) is 10.6. The summed E-state index contributed by atoms with van der Waals surface area (Å²) in [6, 6.07) is -0.471. The van der Waals surface area contributed by atoms with Crippen LogP contribution in [0.5, 0.6) is 0 Å². The Hall–Kier alpha value is -0.650. The van der Waals surface area contributed by atoms with E-state index >= 15 is 0 Å². The van der Waals surface area contributed by atoms with E-state index in [0.717, 1.165) is 12.8 Å². The van der Waals surface area contributed by atoms with Gasteiger partial charge in [-0.1, -0.05) is 19.8 Å². The second kappa shape index (κ2) is 6.93. The van der Waals surface area contributed by atoms with E-state index < -0.39 is 11.6 Å². The molecule has 0 aromatic heterocycles.